The van der Waals surface area contributed by atoms with Gasteiger partial charge in [-0.05, 0) is 167 Å². The fourth-order valence-electron chi connectivity index (χ4n) is 14.1. The lowest BCUT2D eigenvalue weighted by Gasteiger charge is -2.61. The minimum absolute atomic E-state index is 0.00883. The van der Waals surface area contributed by atoms with Gasteiger partial charge >= 0.3 is 0 Å². The van der Waals surface area contributed by atoms with Crippen LogP contribution < -0.4 is 11.1 Å². The Labute approximate surface area is 338 Å². The van der Waals surface area contributed by atoms with Gasteiger partial charge in [0.05, 0.1) is 0 Å². The molecule has 4 saturated heterocycles. The van der Waals surface area contributed by atoms with Crippen LogP contribution in [0.1, 0.15) is 163 Å². The van der Waals surface area contributed by atoms with Crippen molar-refractivity contribution in [3.63, 3.8) is 0 Å². The molecule has 5 N–H and O–H groups in total. The van der Waals surface area contributed by atoms with Gasteiger partial charge in [0.1, 0.15) is 0 Å². The molecule has 0 spiro atoms. The zero-order valence-electron chi connectivity index (χ0n) is 34.5. The molecule has 6 aliphatic carbocycles. The molecule has 2 aromatic heterocycles. The van der Waals surface area contributed by atoms with Crippen LogP contribution in [0.2, 0.25) is 0 Å². The number of piperidine rings is 4. The summed E-state index contributed by atoms with van der Waals surface area (Å²) in [6, 6.07) is 15.0. The fourth-order valence-corrected chi connectivity index (χ4v) is 14.1. The minimum atomic E-state index is 0.00883. The fraction of sp³-hybridized carbons (Fsp3) is 0.633. The Bertz CT molecular complexity index is 2180. The van der Waals surface area contributed by atoms with Crippen LogP contribution in [0.15, 0.2) is 48.8 Å². The molecule has 6 unspecified atom stereocenters. The number of carbonyl (C=O) groups excluding carboxylic acids is 2. The van der Waals surface area contributed by atoms with Gasteiger partial charge in [-0.1, -0.05) is 38.1 Å². The summed E-state index contributed by atoms with van der Waals surface area (Å²) < 4.78 is 0. The minimum Gasteiger partial charge on any atom is -0.361 e. The third-order valence-electron chi connectivity index (χ3n) is 16.6. The van der Waals surface area contributed by atoms with Gasteiger partial charge in [0, 0.05) is 82.3 Å². The molecular formula is C49H64N6O2. The summed E-state index contributed by atoms with van der Waals surface area (Å²) in [5, 5.41) is 6.41. The van der Waals surface area contributed by atoms with Crippen LogP contribution >= 0.6 is 0 Å². The second kappa shape index (κ2) is 13.5. The van der Waals surface area contributed by atoms with E-state index in [9.17, 15) is 9.59 Å². The molecule has 14 rings (SSSR count). The molecule has 8 bridgehead atoms. The first-order chi connectivity index (χ1) is 27.6. The molecule has 4 aromatic rings. The maximum absolute atomic E-state index is 13.5. The van der Waals surface area contributed by atoms with Crippen LogP contribution in [0.25, 0.3) is 21.8 Å². The largest absolute Gasteiger partial charge is 0.361 e. The molecule has 0 radical (unpaired) electrons. The number of nitrogens with two attached hydrogens (primary N) is 1. The molecule has 2 amide bonds. The highest BCUT2D eigenvalue weighted by atomic mass is 16.2. The van der Waals surface area contributed by atoms with Crippen molar-refractivity contribution >= 4 is 33.6 Å². The Morgan fingerprint density at radius 3 is 1.54 bits per heavy atom. The average Bonchev–Trinajstić information content (AvgIpc) is 4.11. The van der Waals surface area contributed by atoms with Crippen LogP contribution in [0.5, 0.6) is 0 Å². The molecule has 10 fully saturated rings. The zero-order chi connectivity index (χ0) is 38.8. The number of carbonyl (C=O) groups is 2. The Morgan fingerprint density at radius 1 is 0.684 bits per heavy atom. The van der Waals surface area contributed by atoms with E-state index in [0.29, 0.717) is 54.4 Å². The first kappa shape index (κ1) is 36.5. The number of aromatic nitrogens is 2. The number of amides is 2. The lowest BCUT2D eigenvalue weighted by molar-refractivity contribution is -0.153. The summed E-state index contributed by atoms with van der Waals surface area (Å²) >= 11 is 0. The van der Waals surface area contributed by atoms with E-state index in [4.69, 9.17) is 5.73 Å². The number of hydrogen-bond acceptors (Lipinski definition) is 4. The monoisotopic (exact) mass is 769 g/mol. The van der Waals surface area contributed by atoms with Gasteiger partial charge in [0.2, 0.25) is 11.8 Å². The molecule has 8 nitrogen and oxygen atoms in total. The third-order valence-corrected chi connectivity index (χ3v) is 16.6. The smallest absolute Gasteiger partial charge is 0.223 e. The van der Waals surface area contributed by atoms with Crippen LogP contribution in [0, 0.1) is 11.8 Å². The molecule has 8 heteroatoms. The van der Waals surface area contributed by atoms with Crippen molar-refractivity contribution < 1.29 is 9.59 Å². The van der Waals surface area contributed by atoms with E-state index in [-0.39, 0.29) is 17.4 Å². The number of nitrogens with one attached hydrogen (secondary N) is 3. The molecule has 6 heterocycles. The highest BCUT2D eigenvalue weighted by molar-refractivity contribution is 5.90. The van der Waals surface area contributed by atoms with Gasteiger partial charge in [-0.25, -0.2) is 0 Å². The maximum Gasteiger partial charge on any atom is 0.223 e. The first-order valence-electron chi connectivity index (χ1n) is 22.9. The SMILES string of the molecule is CC(CC(=O)N1C2CC3CC1CC(N)(C3)C2)c1c[nH]c2cccc(C3CC3)c12.CNC12CC3CC(C1)N(C(=O)CC(C)c1c[nH]c4cccc(C5CC5)c14)C(C3)C2. The van der Waals surface area contributed by atoms with Crippen molar-refractivity contribution in [3.8, 4) is 0 Å². The Morgan fingerprint density at radius 2 is 1.12 bits per heavy atom. The van der Waals surface area contributed by atoms with Gasteiger partial charge < -0.3 is 30.8 Å². The van der Waals surface area contributed by atoms with Crippen molar-refractivity contribution in [3.05, 3.63) is 71.0 Å². The Hall–Kier alpha value is -3.62. The van der Waals surface area contributed by atoms with Gasteiger partial charge in [0.25, 0.3) is 0 Å². The van der Waals surface area contributed by atoms with E-state index >= 15 is 0 Å². The first-order valence-corrected chi connectivity index (χ1v) is 22.9. The lowest BCUT2D eigenvalue weighted by atomic mass is 9.59. The molecule has 302 valence electrons. The predicted molar refractivity (Wildman–Crippen MR) is 227 cm³/mol. The third kappa shape index (κ3) is 6.29. The molecule has 6 atom stereocenters. The van der Waals surface area contributed by atoms with Gasteiger partial charge in [-0.15, -0.1) is 0 Å². The van der Waals surface area contributed by atoms with Crippen molar-refractivity contribution in [2.45, 2.75) is 175 Å². The predicted octanol–water partition coefficient (Wildman–Crippen LogP) is 9.08. The van der Waals surface area contributed by atoms with Crippen molar-refractivity contribution in [2.75, 3.05) is 7.05 Å². The normalized spacial score (nSPS) is 34.5. The van der Waals surface area contributed by atoms with Crippen LogP contribution in [-0.2, 0) is 9.59 Å². The second-order valence-electron chi connectivity index (χ2n) is 20.8. The van der Waals surface area contributed by atoms with E-state index in [0.717, 1.165) is 49.4 Å². The lowest BCUT2D eigenvalue weighted by Crippen LogP contribution is -2.69. The van der Waals surface area contributed by atoms with Gasteiger partial charge in [-0.3, -0.25) is 9.59 Å². The number of H-pyrrole nitrogens is 2. The van der Waals surface area contributed by atoms with Crippen molar-refractivity contribution in [1.29, 1.82) is 0 Å². The Balaban J connectivity index is 0.000000131. The number of aromatic amines is 2. The second-order valence-corrected chi connectivity index (χ2v) is 20.8. The number of benzene rings is 2. The highest BCUT2D eigenvalue weighted by Crippen LogP contribution is 2.53. The standard InChI is InChI=1S/C25H33N3O.C24H31N3O/c1-15(21-14-27-22-5-3-4-20(24(21)22)17-6-7-17)8-23(29)28-18-9-16-10-19(28)13-25(11-16,12-18)26-2;1-14(20-13-26-21-4-2-3-19(23(20)21)16-5-6-16)7-22(28)27-17-8-15-9-18(27)12-24(25,10-15)11-17/h3-5,14-19,26-27H,6-13H2,1-2H3;2-4,13-18,26H,5-12,25H2,1H3. The number of hydrogen-bond donors (Lipinski definition) is 4. The van der Waals surface area contributed by atoms with E-state index < -0.39 is 0 Å². The summed E-state index contributed by atoms with van der Waals surface area (Å²) in [7, 11) is 2.12. The van der Waals surface area contributed by atoms with E-state index in [1.165, 1.54) is 108 Å². The molecule has 4 aliphatic heterocycles. The summed E-state index contributed by atoms with van der Waals surface area (Å²) in [5.74, 6) is 4.24. The Kier molecular flexibility index (Phi) is 8.61. The number of rotatable bonds is 9. The molecule has 10 aliphatic rings. The summed E-state index contributed by atoms with van der Waals surface area (Å²) in [5.41, 5.74) is 15.0. The van der Waals surface area contributed by atoms with E-state index in [2.05, 4.69) is 94.8 Å². The van der Waals surface area contributed by atoms with Gasteiger partial charge in [-0.2, -0.15) is 0 Å². The summed E-state index contributed by atoms with van der Waals surface area (Å²) in [4.78, 5) is 38.4. The molecule has 6 saturated carbocycles. The van der Waals surface area contributed by atoms with Gasteiger partial charge in [0.15, 0.2) is 0 Å². The van der Waals surface area contributed by atoms with Crippen molar-refractivity contribution in [1.82, 2.24) is 25.1 Å². The van der Waals surface area contributed by atoms with Crippen LogP contribution in [0.3, 0.4) is 0 Å². The summed E-state index contributed by atoms with van der Waals surface area (Å²) in [6.45, 7) is 4.47. The maximum atomic E-state index is 13.5. The highest BCUT2D eigenvalue weighted by Gasteiger charge is 2.56. The zero-order valence-corrected chi connectivity index (χ0v) is 34.5. The van der Waals surface area contributed by atoms with E-state index in [1.807, 2.05) is 0 Å². The average molecular weight is 769 g/mol. The number of nitrogens with zero attached hydrogens (tertiary/aromatic N) is 2. The molecule has 57 heavy (non-hydrogen) atoms. The molecule has 2 aromatic carbocycles. The van der Waals surface area contributed by atoms with Crippen molar-refractivity contribution in [2.24, 2.45) is 17.6 Å². The molecular weight excluding hydrogens is 705 g/mol. The topological polar surface area (TPSA) is 110 Å². The number of fused-ring (bicyclic) bond motifs is 2. The van der Waals surface area contributed by atoms with Crippen LogP contribution in [-0.4, -0.2) is 73.9 Å². The summed E-state index contributed by atoms with van der Waals surface area (Å²) in [6.07, 6.45) is 22.4. The van der Waals surface area contributed by atoms with E-state index in [1.54, 1.807) is 0 Å². The quantitative estimate of drug-likeness (QED) is 0.136. The van der Waals surface area contributed by atoms with Crippen LogP contribution in [0.4, 0.5) is 0 Å².